The molecule has 0 saturated heterocycles. The molecular weight excluding hydrogens is 276 g/mol. The van der Waals surface area contributed by atoms with E-state index >= 15 is 0 Å². The van der Waals surface area contributed by atoms with Gasteiger partial charge in [0.1, 0.15) is 6.04 Å². The smallest absolute Gasteiger partial charge is 0.327 e. The number of carboxylic acids is 1. The van der Waals surface area contributed by atoms with Gasteiger partial charge in [-0.25, -0.2) is 4.79 Å². The molecule has 1 rings (SSSR count). The topological polar surface area (TPSA) is 92.4 Å². The zero-order valence-corrected chi connectivity index (χ0v) is 11.2. The van der Waals surface area contributed by atoms with Gasteiger partial charge in [-0.05, 0) is 18.2 Å². The average Bonchev–Trinajstić information content (AvgIpc) is 2.27. The minimum Gasteiger partial charge on any atom is -0.480 e. The monoisotopic (exact) mass is 288 g/mol. The highest BCUT2D eigenvalue weighted by atomic mass is 35.5. The first kappa shape index (κ1) is 14.7. The summed E-state index contributed by atoms with van der Waals surface area (Å²) in [6, 6.07) is 4.02. The number of nitrogens with one attached hydrogen (secondary N) is 1. The second kappa shape index (κ2) is 6.51. The van der Waals surface area contributed by atoms with Crippen LogP contribution in [0.2, 0.25) is 5.02 Å². The van der Waals surface area contributed by atoms with Gasteiger partial charge in [-0.3, -0.25) is 4.79 Å². The molecule has 1 amide bonds. The van der Waals surface area contributed by atoms with Crippen LogP contribution in [0.1, 0.15) is 6.92 Å². The zero-order chi connectivity index (χ0) is 13.7. The van der Waals surface area contributed by atoms with Crippen LogP contribution in [0.15, 0.2) is 23.1 Å². The molecule has 1 unspecified atom stereocenters. The number of rotatable bonds is 5. The van der Waals surface area contributed by atoms with E-state index in [4.69, 9.17) is 22.4 Å². The highest BCUT2D eigenvalue weighted by Crippen LogP contribution is 2.29. The Kier molecular flexibility index (Phi) is 5.30. The Bertz CT molecular complexity index is 468. The number of hydrogen-bond donors (Lipinski definition) is 3. The van der Waals surface area contributed by atoms with E-state index in [0.29, 0.717) is 15.6 Å². The third-order valence-electron chi connectivity index (χ3n) is 2.04. The molecule has 5 nitrogen and oxygen atoms in total. The molecular formula is C11H13ClN2O3S. The van der Waals surface area contributed by atoms with Crippen molar-refractivity contribution in [1.82, 2.24) is 5.32 Å². The summed E-state index contributed by atoms with van der Waals surface area (Å²) in [5, 5.41) is 11.8. The highest BCUT2D eigenvalue weighted by molar-refractivity contribution is 7.99. The molecule has 7 heteroatoms. The molecule has 98 valence electrons. The Hall–Kier alpha value is -1.40. The lowest BCUT2D eigenvalue weighted by Crippen LogP contribution is -2.41. The van der Waals surface area contributed by atoms with Gasteiger partial charge in [0.05, 0.1) is 5.02 Å². The van der Waals surface area contributed by atoms with Crippen LogP contribution in [0.3, 0.4) is 0 Å². The number of carbonyl (C=O) groups excluding carboxylic acids is 1. The first-order chi connectivity index (χ1) is 8.40. The van der Waals surface area contributed by atoms with Gasteiger partial charge >= 0.3 is 5.97 Å². The minimum atomic E-state index is -1.09. The van der Waals surface area contributed by atoms with Crippen molar-refractivity contribution in [2.45, 2.75) is 17.9 Å². The van der Waals surface area contributed by atoms with Crippen molar-refractivity contribution < 1.29 is 14.7 Å². The van der Waals surface area contributed by atoms with Gasteiger partial charge in [0.2, 0.25) is 5.91 Å². The van der Waals surface area contributed by atoms with Crippen molar-refractivity contribution in [3.05, 3.63) is 23.2 Å². The summed E-state index contributed by atoms with van der Waals surface area (Å²) in [5.41, 5.74) is 6.17. The SMILES string of the molecule is CC(=O)NC(CSc1cc(N)ccc1Cl)C(=O)O. The van der Waals surface area contributed by atoms with Crippen LogP contribution in [0.5, 0.6) is 0 Å². The molecule has 0 heterocycles. The fourth-order valence-electron chi connectivity index (χ4n) is 1.22. The Morgan fingerprint density at radius 1 is 1.56 bits per heavy atom. The van der Waals surface area contributed by atoms with Gasteiger partial charge in [0.15, 0.2) is 0 Å². The molecule has 0 aromatic heterocycles. The number of hydrogen-bond acceptors (Lipinski definition) is 4. The lowest BCUT2D eigenvalue weighted by atomic mass is 10.3. The molecule has 0 radical (unpaired) electrons. The number of nitrogens with two attached hydrogens (primary N) is 1. The molecule has 0 aliphatic rings. The summed E-state index contributed by atoms with van der Waals surface area (Å²) in [6.07, 6.45) is 0. The predicted molar refractivity (Wildman–Crippen MR) is 71.8 cm³/mol. The molecule has 1 aromatic rings. The van der Waals surface area contributed by atoms with Crippen molar-refractivity contribution in [1.29, 1.82) is 0 Å². The first-order valence-electron chi connectivity index (χ1n) is 5.08. The standard InChI is InChI=1S/C11H13ClN2O3S/c1-6(15)14-9(11(16)17)5-18-10-4-7(13)2-3-8(10)12/h2-4,9H,5,13H2,1H3,(H,14,15)(H,16,17). The first-order valence-corrected chi connectivity index (χ1v) is 6.44. The normalized spacial score (nSPS) is 11.9. The maximum Gasteiger partial charge on any atom is 0.327 e. The lowest BCUT2D eigenvalue weighted by molar-refractivity contribution is -0.140. The van der Waals surface area contributed by atoms with Crippen molar-refractivity contribution in [2.24, 2.45) is 0 Å². The number of aliphatic carboxylic acids is 1. The lowest BCUT2D eigenvalue weighted by Gasteiger charge is -2.13. The van der Waals surface area contributed by atoms with Gasteiger partial charge < -0.3 is 16.2 Å². The highest BCUT2D eigenvalue weighted by Gasteiger charge is 2.19. The van der Waals surface area contributed by atoms with Crippen LogP contribution >= 0.6 is 23.4 Å². The molecule has 0 spiro atoms. The van der Waals surface area contributed by atoms with Gasteiger partial charge in [-0.2, -0.15) is 0 Å². The van der Waals surface area contributed by atoms with Crippen LogP contribution in [0.25, 0.3) is 0 Å². The molecule has 4 N–H and O–H groups in total. The molecule has 1 atom stereocenters. The van der Waals surface area contributed by atoms with E-state index in [2.05, 4.69) is 5.32 Å². The van der Waals surface area contributed by atoms with Crippen molar-refractivity contribution >= 4 is 40.9 Å². The van der Waals surface area contributed by atoms with Crippen LogP contribution < -0.4 is 11.1 Å². The maximum atomic E-state index is 10.9. The zero-order valence-electron chi connectivity index (χ0n) is 9.64. The fraction of sp³-hybridized carbons (Fsp3) is 0.273. The number of benzene rings is 1. The van der Waals surface area contributed by atoms with E-state index in [0.717, 1.165) is 0 Å². The number of carbonyl (C=O) groups is 2. The van der Waals surface area contributed by atoms with Gasteiger partial charge in [-0.1, -0.05) is 11.6 Å². The number of carboxylic acid groups (broad SMARTS) is 1. The summed E-state index contributed by atoms with van der Waals surface area (Å²) in [7, 11) is 0. The minimum absolute atomic E-state index is 0.179. The average molecular weight is 289 g/mol. The fourth-order valence-corrected chi connectivity index (χ4v) is 2.50. The summed E-state index contributed by atoms with van der Waals surface area (Å²) < 4.78 is 0. The van der Waals surface area contributed by atoms with Gasteiger partial charge in [-0.15, -0.1) is 11.8 Å². The summed E-state index contributed by atoms with van der Waals surface area (Å²) >= 11 is 7.19. The quantitative estimate of drug-likeness (QED) is 0.565. The molecule has 0 aliphatic heterocycles. The largest absolute Gasteiger partial charge is 0.480 e. The van der Waals surface area contributed by atoms with Crippen LogP contribution in [0.4, 0.5) is 5.69 Å². The summed E-state index contributed by atoms with van der Waals surface area (Å²) in [4.78, 5) is 22.5. The number of amides is 1. The van der Waals surface area contributed by atoms with Crippen molar-refractivity contribution in [3.8, 4) is 0 Å². The molecule has 18 heavy (non-hydrogen) atoms. The number of halogens is 1. The van der Waals surface area contributed by atoms with Crippen molar-refractivity contribution in [2.75, 3.05) is 11.5 Å². The summed E-state index contributed by atoms with van der Waals surface area (Å²) in [5.74, 6) is -1.29. The van der Waals surface area contributed by atoms with E-state index in [1.807, 2.05) is 0 Å². The second-order valence-electron chi connectivity index (χ2n) is 3.59. The maximum absolute atomic E-state index is 10.9. The predicted octanol–water partition coefficient (Wildman–Crippen LogP) is 1.60. The molecule has 1 aromatic carbocycles. The van der Waals surface area contributed by atoms with Gasteiger partial charge in [0.25, 0.3) is 0 Å². The Morgan fingerprint density at radius 2 is 2.22 bits per heavy atom. The third kappa shape index (κ3) is 4.46. The van der Waals surface area contributed by atoms with E-state index in [-0.39, 0.29) is 11.7 Å². The molecule has 0 aliphatic carbocycles. The Morgan fingerprint density at radius 3 is 2.78 bits per heavy atom. The number of nitrogen functional groups attached to an aromatic ring is 1. The van der Waals surface area contributed by atoms with Crippen LogP contribution in [-0.2, 0) is 9.59 Å². The third-order valence-corrected chi connectivity index (χ3v) is 3.63. The molecule has 0 bridgehead atoms. The number of thioether (sulfide) groups is 1. The van der Waals surface area contributed by atoms with E-state index in [1.54, 1.807) is 18.2 Å². The van der Waals surface area contributed by atoms with Crippen molar-refractivity contribution in [3.63, 3.8) is 0 Å². The molecule has 0 saturated carbocycles. The van der Waals surface area contributed by atoms with Crippen LogP contribution in [0, 0.1) is 0 Å². The number of anilines is 1. The Labute approximate surface area is 114 Å². The van der Waals surface area contributed by atoms with Gasteiger partial charge in [0, 0.05) is 23.3 Å². The Balaban J connectivity index is 2.69. The summed E-state index contributed by atoms with van der Waals surface area (Å²) in [6.45, 7) is 1.27. The van der Waals surface area contributed by atoms with E-state index in [9.17, 15) is 9.59 Å². The molecule has 0 fully saturated rings. The van der Waals surface area contributed by atoms with E-state index in [1.165, 1.54) is 18.7 Å². The van der Waals surface area contributed by atoms with E-state index < -0.39 is 12.0 Å². The van der Waals surface area contributed by atoms with Crippen LogP contribution in [-0.4, -0.2) is 28.8 Å². The second-order valence-corrected chi connectivity index (χ2v) is 5.06.